The lowest BCUT2D eigenvalue weighted by Crippen LogP contribution is -2.47. The zero-order valence-electron chi connectivity index (χ0n) is 19.4. The van der Waals surface area contributed by atoms with Gasteiger partial charge in [0.25, 0.3) is 0 Å². The van der Waals surface area contributed by atoms with Gasteiger partial charge in [-0.05, 0) is 60.8 Å². The summed E-state index contributed by atoms with van der Waals surface area (Å²) >= 11 is 7.80. The van der Waals surface area contributed by atoms with Crippen LogP contribution in [0.2, 0.25) is 0 Å². The van der Waals surface area contributed by atoms with Gasteiger partial charge in [-0.1, -0.05) is 25.3 Å². The summed E-state index contributed by atoms with van der Waals surface area (Å²) in [5, 5.41) is 7.21. The number of aromatic nitrogens is 3. The SMILES string of the molecule is COc1ccc(N2CCN(Cn3nc(Cc4cccs4)n(C4CCCCC4)c3=S)CC2)cc1. The number of hydrogen-bond acceptors (Lipinski definition) is 6. The number of nitrogens with zero attached hydrogens (tertiary/aromatic N) is 5. The lowest BCUT2D eigenvalue weighted by Gasteiger charge is -2.35. The van der Waals surface area contributed by atoms with Gasteiger partial charge in [0.1, 0.15) is 11.6 Å². The van der Waals surface area contributed by atoms with Crippen LogP contribution in [0.3, 0.4) is 0 Å². The van der Waals surface area contributed by atoms with Crippen molar-refractivity contribution in [3.63, 3.8) is 0 Å². The van der Waals surface area contributed by atoms with Crippen LogP contribution in [-0.2, 0) is 13.1 Å². The molecule has 0 spiro atoms. The highest BCUT2D eigenvalue weighted by Gasteiger charge is 2.24. The maximum Gasteiger partial charge on any atom is 0.199 e. The van der Waals surface area contributed by atoms with Gasteiger partial charge < -0.3 is 14.2 Å². The van der Waals surface area contributed by atoms with Crippen LogP contribution < -0.4 is 9.64 Å². The molecule has 2 aliphatic rings. The summed E-state index contributed by atoms with van der Waals surface area (Å²) in [6.07, 6.45) is 7.25. The number of methoxy groups -OCH3 is 1. The van der Waals surface area contributed by atoms with Gasteiger partial charge >= 0.3 is 0 Å². The summed E-state index contributed by atoms with van der Waals surface area (Å²) in [5.41, 5.74) is 1.26. The summed E-state index contributed by atoms with van der Waals surface area (Å²) in [7, 11) is 1.71. The van der Waals surface area contributed by atoms with Gasteiger partial charge in [0, 0.05) is 49.2 Å². The topological polar surface area (TPSA) is 38.5 Å². The minimum atomic E-state index is 0.502. The van der Waals surface area contributed by atoms with Gasteiger partial charge in [-0.15, -0.1) is 11.3 Å². The molecule has 3 aromatic rings. The van der Waals surface area contributed by atoms with E-state index in [1.807, 2.05) is 12.1 Å². The highest BCUT2D eigenvalue weighted by atomic mass is 32.1. The smallest absolute Gasteiger partial charge is 0.199 e. The molecule has 176 valence electrons. The van der Waals surface area contributed by atoms with Crippen LogP contribution in [0.5, 0.6) is 5.75 Å². The van der Waals surface area contributed by atoms with Crippen LogP contribution in [0.4, 0.5) is 5.69 Å². The normalized spacial score (nSPS) is 18.0. The molecule has 2 aromatic heterocycles. The lowest BCUT2D eigenvalue weighted by atomic mass is 9.95. The minimum Gasteiger partial charge on any atom is -0.497 e. The number of thiophene rings is 1. The first-order chi connectivity index (χ1) is 16.2. The third kappa shape index (κ3) is 5.18. The van der Waals surface area contributed by atoms with Gasteiger partial charge in [-0.25, -0.2) is 4.68 Å². The molecule has 2 fully saturated rings. The first kappa shape index (κ1) is 22.6. The highest BCUT2D eigenvalue weighted by molar-refractivity contribution is 7.71. The Bertz CT molecular complexity index is 1080. The summed E-state index contributed by atoms with van der Waals surface area (Å²) in [6, 6.07) is 13.2. The van der Waals surface area contributed by atoms with Crippen molar-refractivity contribution in [2.45, 2.75) is 51.2 Å². The van der Waals surface area contributed by atoms with Crippen molar-refractivity contribution in [2.24, 2.45) is 0 Å². The second kappa shape index (κ2) is 10.4. The van der Waals surface area contributed by atoms with Gasteiger partial charge in [0.15, 0.2) is 4.77 Å². The molecule has 1 aliphatic carbocycles. The van der Waals surface area contributed by atoms with Crippen molar-refractivity contribution in [2.75, 3.05) is 38.2 Å². The Hall–Kier alpha value is -2.16. The van der Waals surface area contributed by atoms with Crippen LogP contribution in [0, 0.1) is 4.77 Å². The Morgan fingerprint density at radius 1 is 1.03 bits per heavy atom. The molecular weight excluding hydrogens is 450 g/mol. The second-order valence-electron chi connectivity index (χ2n) is 9.06. The van der Waals surface area contributed by atoms with Gasteiger partial charge in [-0.3, -0.25) is 4.90 Å². The molecule has 33 heavy (non-hydrogen) atoms. The van der Waals surface area contributed by atoms with E-state index in [0.717, 1.165) is 55.6 Å². The van der Waals surface area contributed by atoms with E-state index in [0.29, 0.717) is 6.04 Å². The quantitative estimate of drug-likeness (QED) is 0.423. The van der Waals surface area contributed by atoms with E-state index >= 15 is 0 Å². The van der Waals surface area contributed by atoms with E-state index in [9.17, 15) is 0 Å². The molecule has 6 nitrogen and oxygen atoms in total. The molecule has 8 heteroatoms. The fourth-order valence-corrected chi connectivity index (χ4v) is 6.14. The van der Waals surface area contributed by atoms with Crippen LogP contribution in [0.25, 0.3) is 0 Å². The predicted octanol–water partition coefficient (Wildman–Crippen LogP) is 5.36. The van der Waals surface area contributed by atoms with E-state index < -0.39 is 0 Å². The lowest BCUT2D eigenvalue weighted by molar-refractivity contribution is 0.193. The second-order valence-corrected chi connectivity index (χ2v) is 10.5. The number of hydrogen-bond donors (Lipinski definition) is 0. The Morgan fingerprint density at radius 2 is 1.79 bits per heavy atom. The fraction of sp³-hybridized carbons (Fsp3) is 0.520. The van der Waals surface area contributed by atoms with E-state index in [-0.39, 0.29) is 0 Å². The van der Waals surface area contributed by atoms with Crippen LogP contribution >= 0.6 is 23.6 Å². The predicted molar refractivity (Wildman–Crippen MR) is 137 cm³/mol. The molecular formula is C25H33N5OS2. The molecule has 3 heterocycles. The van der Waals surface area contributed by atoms with Gasteiger partial charge in [-0.2, -0.15) is 5.10 Å². The number of rotatable bonds is 7. The number of anilines is 1. The molecule has 0 N–H and O–H groups in total. The van der Waals surface area contributed by atoms with Crippen molar-refractivity contribution in [3.05, 3.63) is 57.3 Å². The van der Waals surface area contributed by atoms with Crippen molar-refractivity contribution in [3.8, 4) is 5.75 Å². The Balaban J connectivity index is 1.29. The van der Waals surface area contributed by atoms with E-state index in [1.165, 1.54) is 42.7 Å². The van der Waals surface area contributed by atoms with E-state index in [2.05, 4.69) is 48.7 Å². The van der Waals surface area contributed by atoms with E-state index in [4.69, 9.17) is 22.1 Å². The molecule has 1 saturated heterocycles. The maximum atomic E-state index is 6.00. The fourth-order valence-electron chi connectivity index (χ4n) is 5.08. The highest BCUT2D eigenvalue weighted by Crippen LogP contribution is 2.30. The molecule has 0 bridgehead atoms. The van der Waals surface area contributed by atoms with Gasteiger partial charge in [0.2, 0.25) is 0 Å². The molecule has 0 atom stereocenters. The van der Waals surface area contributed by atoms with Crippen molar-refractivity contribution < 1.29 is 4.74 Å². The third-order valence-corrected chi connectivity index (χ3v) is 8.22. The average Bonchev–Trinajstić information content (AvgIpc) is 3.48. The monoisotopic (exact) mass is 483 g/mol. The minimum absolute atomic E-state index is 0.502. The maximum absolute atomic E-state index is 6.00. The Kier molecular flexibility index (Phi) is 7.13. The molecule has 5 rings (SSSR count). The van der Waals surface area contributed by atoms with Gasteiger partial charge in [0.05, 0.1) is 13.8 Å². The molecule has 0 unspecified atom stereocenters. The first-order valence-electron chi connectivity index (χ1n) is 12.0. The van der Waals surface area contributed by atoms with Crippen LogP contribution in [0.1, 0.15) is 48.8 Å². The van der Waals surface area contributed by atoms with Crippen LogP contribution in [0.15, 0.2) is 41.8 Å². The summed E-state index contributed by atoms with van der Waals surface area (Å²) in [5.74, 6) is 2.03. The zero-order valence-corrected chi connectivity index (χ0v) is 21.0. The van der Waals surface area contributed by atoms with Crippen molar-refractivity contribution in [1.82, 2.24) is 19.2 Å². The number of piperazine rings is 1. The summed E-state index contributed by atoms with van der Waals surface area (Å²) < 4.78 is 10.7. The molecule has 1 saturated carbocycles. The number of benzene rings is 1. The molecule has 1 aromatic carbocycles. The average molecular weight is 484 g/mol. The first-order valence-corrected chi connectivity index (χ1v) is 13.3. The molecule has 1 aliphatic heterocycles. The Morgan fingerprint density at radius 3 is 2.45 bits per heavy atom. The Labute approximate surface area is 205 Å². The summed E-state index contributed by atoms with van der Waals surface area (Å²) in [6.45, 7) is 4.79. The molecule has 0 radical (unpaired) electrons. The molecule has 0 amide bonds. The summed E-state index contributed by atoms with van der Waals surface area (Å²) in [4.78, 5) is 6.27. The van der Waals surface area contributed by atoms with Crippen LogP contribution in [-0.4, -0.2) is 52.5 Å². The zero-order chi connectivity index (χ0) is 22.6. The largest absolute Gasteiger partial charge is 0.497 e. The van der Waals surface area contributed by atoms with Crippen molar-refractivity contribution >= 4 is 29.2 Å². The standard InChI is InChI=1S/C25H33N5OS2/c1-31-22-11-9-20(10-12-22)28-15-13-27(14-16-28)19-29-25(32)30(21-6-3-2-4-7-21)24(26-29)18-23-8-5-17-33-23/h5,8-12,17,21H,2-4,6-7,13-16,18-19H2,1H3. The third-order valence-electron chi connectivity index (χ3n) is 6.94. The van der Waals surface area contributed by atoms with E-state index in [1.54, 1.807) is 18.4 Å². The van der Waals surface area contributed by atoms with Crippen molar-refractivity contribution in [1.29, 1.82) is 0 Å². The number of ether oxygens (including phenoxy) is 1.